The van der Waals surface area contributed by atoms with Crippen LogP contribution in [0.3, 0.4) is 0 Å². The lowest BCUT2D eigenvalue weighted by Gasteiger charge is -2.14. The van der Waals surface area contributed by atoms with E-state index in [9.17, 15) is 13.2 Å². The molecule has 1 unspecified atom stereocenters. The van der Waals surface area contributed by atoms with Crippen LogP contribution in [0, 0.1) is 5.92 Å². The second-order valence-corrected chi connectivity index (χ2v) is 5.69. The van der Waals surface area contributed by atoms with Crippen LogP contribution in [-0.4, -0.2) is 32.1 Å². The number of aliphatic carboxylic acids is 1. The standard InChI is InChI=1S/C9H20N2O4S/c1-7(2)11-16(14,15)10-6-8(3)4-5-9(12)13/h7-8,10-11H,4-6H2,1-3H3,(H,12,13). The topological polar surface area (TPSA) is 95.5 Å². The molecule has 1 atom stereocenters. The zero-order valence-corrected chi connectivity index (χ0v) is 10.7. The van der Waals surface area contributed by atoms with Crippen molar-refractivity contribution >= 4 is 16.2 Å². The Balaban J connectivity index is 3.90. The van der Waals surface area contributed by atoms with Gasteiger partial charge in [-0.15, -0.1) is 0 Å². The minimum absolute atomic E-state index is 0.000151. The van der Waals surface area contributed by atoms with Gasteiger partial charge in [-0.25, -0.2) is 4.72 Å². The number of rotatable bonds is 8. The molecule has 0 aliphatic carbocycles. The number of carboxylic acid groups (broad SMARTS) is 1. The molecule has 7 heteroatoms. The van der Waals surface area contributed by atoms with Crippen LogP contribution in [0.5, 0.6) is 0 Å². The van der Waals surface area contributed by atoms with Gasteiger partial charge in [-0.3, -0.25) is 4.79 Å². The molecule has 0 aliphatic heterocycles. The molecule has 6 nitrogen and oxygen atoms in total. The van der Waals surface area contributed by atoms with Crippen LogP contribution in [0.25, 0.3) is 0 Å². The lowest BCUT2D eigenvalue weighted by molar-refractivity contribution is -0.137. The van der Waals surface area contributed by atoms with Crippen LogP contribution in [0.1, 0.15) is 33.6 Å². The highest BCUT2D eigenvalue weighted by molar-refractivity contribution is 7.87. The van der Waals surface area contributed by atoms with Crippen molar-refractivity contribution in [1.82, 2.24) is 9.44 Å². The van der Waals surface area contributed by atoms with Crippen molar-refractivity contribution in [2.24, 2.45) is 5.92 Å². The van der Waals surface area contributed by atoms with Crippen LogP contribution >= 0.6 is 0 Å². The van der Waals surface area contributed by atoms with Gasteiger partial charge in [0.05, 0.1) is 0 Å². The zero-order chi connectivity index (χ0) is 12.8. The lowest BCUT2D eigenvalue weighted by atomic mass is 10.1. The molecule has 96 valence electrons. The minimum Gasteiger partial charge on any atom is -0.481 e. The van der Waals surface area contributed by atoms with E-state index in [1.165, 1.54) is 0 Å². The Labute approximate surface area is 96.6 Å². The number of carboxylic acids is 1. The summed E-state index contributed by atoms with van der Waals surface area (Å²) in [5.74, 6) is -0.866. The second kappa shape index (κ2) is 6.82. The summed E-state index contributed by atoms with van der Waals surface area (Å²) >= 11 is 0. The second-order valence-electron chi connectivity index (χ2n) is 4.16. The van der Waals surface area contributed by atoms with Crippen molar-refractivity contribution in [3.8, 4) is 0 Å². The van der Waals surface area contributed by atoms with E-state index in [2.05, 4.69) is 9.44 Å². The van der Waals surface area contributed by atoms with Gasteiger partial charge in [0.2, 0.25) is 0 Å². The van der Waals surface area contributed by atoms with Gasteiger partial charge >= 0.3 is 5.97 Å². The lowest BCUT2D eigenvalue weighted by Crippen LogP contribution is -2.41. The van der Waals surface area contributed by atoms with Crippen LogP contribution in [0.15, 0.2) is 0 Å². The van der Waals surface area contributed by atoms with E-state index in [-0.39, 0.29) is 24.9 Å². The first-order valence-electron chi connectivity index (χ1n) is 5.21. The van der Waals surface area contributed by atoms with E-state index < -0.39 is 16.2 Å². The molecular weight excluding hydrogens is 232 g/mol. The first-order valence-corrected chi connectivity index (χ1v) is 6.70. The van der Waals surface area contributed by atoms with Gasteiger partial charge in [-0.1, -0.05) is 6.92 Å². The minimum atomic E-state index is -3.46. The number of nitrogens with one attached hydrogen (secondary N) is 2. The molecule has 3 N–H and O–H groups in total. The molecule has 0 heterocycles. The van der Waals surface area contributed by atoms with Crippen molar-refractivity contribution in [2.75, 3.05) is 6.54 Å². The summed E-state index contributed by atoms with van der Waals surface area (Å²) < 4.78 is 27.5. The fraction of sp³-hybridized carbons (Fsp3) is 0.889. The third-order valence-corrected chi connectivity index (χ3v) is 3.19. The van der Waals surface area contributed by atoms with Crippen LogP contribution < -0.4 is 9.44 Å². The molecule has 0 aromatic rings. The summed E-state index contributed by atoms with van der Waals surface area (Å²) in [6.45, 7) is 5.51. The molecule has 0 rings (SSSR count). The van der Waals surface area contributed by atoms with Crippen molar-refractivity contribution in [3.05, 3.63) is 0 Å². The van der Waals surface area contributed by atoms with Gasteiger partial charge in [0.15, 0.2) is 0 Å². The number of hydrogen-bond acceptors (Lipinski definition) is 3. The highest BCUT2D eigenvalue weighted by Gasteiger charge is 2.13. The molecule has 0 fully saturated rings. The summed E-state index contributed by atoms with van der Waals surface area (Å²) in [7, 11) is -3.46. The fourth-order valence-electron chi connectivity index (χ4n) is 1.08. The SMILES string of the molecule is CC(CCC(=O)O)CNS(=O)(=O)NC(C)C. The summed E-state index contributed by atoms with van der Waals surface area (Å²) in [6.07, 6.45) is 0.514. The molecule has 0 radical (unpaired) electrons. The highest BCUT2D eigenvalue weighted by atomic mass is 32.2. The summed E-state index contributed by atoms with van der Waals surface area (Å²) in [6, 6.07) is -0.160. The average molecular weight is 252 g/mol. The van der Waals surface area contributed by atoms with Crippen LogP contribution in [-0.2, 0) is 15.0 Å². The van der Waals surface area contributed by atoms with Crippen molar-refractivity contribution < 1.29 is 18.3 Å². The maximum absolute atomic E-state index is 11.3. The van der Waals surface area contributed by atoms with Crippen molar-refractivity contribution in [1.29, 1.82) is 0 Å². The number of carbonyl (C=O) groups is 1. The molecule has 0 spiro atoms. The van der Waals surface area contributed by atoms with E-state index in [0.29, 0.717) is 6.42 Å². The predicted octanol–water partition coefficient (Wildman–Crippen LogP) is 0.320. The maximum atomic E-state index is 11.3. The average Bonchev–Trinajstić information content (AvgIpc) is 2.09. The van der Waals surface area contributed by atoms with Gasteiger partial charge in [-0.05, 0) is 26.2 Å². The molecule has 16 heavy (non-hydrogen) atoms. The van der Waals surface area contributed by atoms with Gasteiger partial charge in [0, 0.05) is 19.0 Å². The third kappa shape index (κ3) is 8.63. The van der Waals surface area contributed by atoms with Gasteiger partial charge in [-0.2, -0.15) is 13.1 Å². The Morgan fingerprint density at radius 3 is 2.31 bits per heavy atom. The van der Waals surface area contributed by atoms with Crippen LogP contribution in [0.4, 0.5) is 0 Å². The van der Waals surface area contributed by atoms with Gasteiger partial charge in [0.25, 0.3) is 10.2 Å². The molecule has 0 aliphatic rings. The molecule has 0 saturated heterocycles. The normalized spacial score (nSPS) is 14.0. The molecule has 0 aromatic carbocycles. The highest BCUT2D eigenvalue weighted by Crippen LogP contribution is 2.04. The van der Waals surface area contributed by atoms with E-state index in [4.69, 9.17) is 5.11 Å². The first-order chi connectivity index (χ1) is 7.23. The molecule has 0 saturated carbocycles. The molecule has 0 bridgehead atoms. The van der Waals surface area contributed by atoms with E-state index >= 15 is 0 Å². The Bertz CT molecular complexity index is 313. The van der Waals surface area contributed by atoms with Crippen LogP contribution in [0.2, 0.25) is 0 Å². The summed E-state index contributed by atoms with van der Waals surface area (Å²) in [4.78, 5) is 10.3. The van der Waals surface area contributed by atoms with Gasteiger partial charge in [0.1, 0.15) is 0 Å². The third-order valence-electron chi connectivity index (χ3n) is 1.86. The molecular formula is C9H20N2O4S. The van der Waals surface area contributed by atoms with Crippen molar-refractivity contribution in [2.45, 2.75) is 39.7 Å². The Morgan fingerprint density at radius 1 is 1.31 bits per heavy atom. The van der Waals surface area contributed by atoms with Crippen molar-refractivity contribution in [3.63, 3.8) is 0 Å². The quantitative estimate of drug-likeness (QED) is 0.579. The first kappa shape index (κ1) is 15.3. The summed E-state index contributed by atoms with van der Waals surface area (Å²) in [5.41, 5.74) is 0. The molecule has 0 aromatic heterocycles. The Morgan fingerprint density at radius 2 is 1.88 bits per heavy atom. The van der Waals surface area contributed by atoms with E-state index in [1.807, 2.05) is 0 Å². The molecule has 0 amide bonds. The largest absolute Gasteiger partial charge is 0.481 e. The Hall–Kier alpha value is -0.660. The zero-order valence-electron chi connectivity index (χ0n) is 9.86. The van der Waals surface area contributed by atoms with Gasteiger partial charge < -0.3 is 5.11 Å². The van der Waals surface area contributed by atoms with E-state index in [0.717, 1.165) is 0 Å². The van der Waals surface area contributed by atoms with E-state index in [1.54, 1.807) is 20.8 Å². The maximum Gasteiger partial charge on any atom is 0.303 e. The fourth-order valence-corrected chi connectivity index (χ4v) is 2.28. The predicted molar refractivity (Wildman–Crippen MR) is 61.2 cm³/mol. The smallest absolute Gasteiger partial charge is 0.303 e. The monoisotopic (exact) mass is 252 g/mol. The Kier molecular flexibility index (Phi) is 6.54. The summed E-state index contributed by atoms with van der Waals surface area (Å²) in [5, 5.41) is 8.46. The number of hydrogen-bond donors (Lipinski definition) is 3.